The smallest absolute Gasteiger partial charge is 0.192 e. The van der Waals surface area contributed by atoms with Crippen LogP contribution in [0.2, 0.25) is 0 Å². The van der Waals surface area contributed by atoms with E-state index in [0.717, 1.165) is 43.9 Å². The molecule has 26 heavy (non-hydrogen) atoms. The molecule has 0 atom stereocenters. The van der Waals surface area contributed by atoms with E-state index in [-0.39, 0.29) is 11.2 Å². The highest BCUT2D eigenvalue weighted by atomic mass is 19.1. The van der Waals surface area contributed by atoms with E-state index in [0.29, 0.717) is 18.0 Å². The Labute approximate surface area is 155 Å². The molecular formula is C22H30FN2O+. The van der Waals surface area contributed by atoms with E-state index in [9.17, 15) is 9.18 Å². The van der Waals surface area contributed by atoms with Crippen molar-refractivity contribution in [2.45, 2.75) is 38.5 Å². The van der Waals surface area contributed by atoms with Crippen LogP contribution in [0.25, 0.3) is 0 Å². The summed E-state index contributed by atoms with van der Waals surface area (Å²) >= 11 is 0. The lowest BCUT2D eigenvalue weighted by Crippen LogP contribution is -3.15. The van der Waals surface area contributed by atoms with Gasteiger partial charge in [-0.1, -0.05) is 12.1 Å². The van der Waals surface area contributed by atoms with Gasteiger partial charge in [0.2, 0.25) is 0 Å². The van der Waals surface area contributed by atoms with Crippen LogP contribution in [0, 0.1) is 29.0 Å². The Balaban J connectivity index is 1.21. The predicted molar refractivity (Wildman–Crippen MR) is 99.8 cm³/mol. The zero-order chi connectivity index (χ0) is 17.7. The minimum absolute atomic E-state index is 0.0322. The molecule has 1 N–H and O–H groups in total. The summed E-state index contributed by atoms with van der Waals surface area (Å²) in [6.07, 6.45) is 7.69. The number of para-hydroxylation sites is 1. The van der Waals surface area contributed by atoms with Crippen molar-refractivity contribution >= 4 is 11.5 Å². The van der Waals surface area contributed by atoms with Crippen molar-refractivity contribution in [3.05, 3.63) is 30.1 Å². The largest absolute Gasteiger partial charge is 0.358 e. The molecular weight excluding hydrogens is 327 g/mol. The maximum atomic E-state index is 14.0. The summed E-state index contributed by atoms with van der Waals surface area (Å²) in [5.74, 6) is 2.90. The summed E-state index contributed by atoms with van der Waals surface area (Å²) in [6.45, 7) is 4.24. The van der Waals surface area contributed by atoms with E-state index in [1.165, 1.54) is 49.5 Å². The molecule has 1 heterocycles. The maximum absolute atomic E-state index is 14.0. The maximum Gasteiger partial charge on any atom is 0.192 e. The second kappa shape index (κ2) is 6.33. The van der Waals surface area contributed by atoms with Crippen molar-refractivity contribution in [3.63, 3.8) is 0 Å². The van der Waals surface area contributed by atoms with Crippen LogP contribution in [-0.4, -0.2) is 38.5 Å². The fourth-order valence-corrected chi connectivity index (χ4v) is 6.82. The van der Waals surface area contributed by atoms with Gasteiger partial charge in [-0.15, -0.1) is 0 Å². The lowest BCUT2D eigenvalue weighted by Gasteiger charge is -2.55. The number of rotatable bonds is 4. The van der Waals surface area contributed by atoms with Crippen LogP contribution >= 0.6 is 0 Å². The number of quaternary nitrogens is 1. The minimum Gasteiger partial charge on any atom is -0.358 e. The van der Waals surface area contributed by atoms with E-state index in [1.807, 2.05) is 12.1 Å². The number of piperazine rings is 1. The van der Waals surface area contributed by atoms with Crippen LogP contribution < -0.4 is 9.80 Å². The van der Waals surface area contributed by atoms with Gasteiger partial charge in [0.05, 0.1) is 31.9 Å². The summed E-state index contributed by atoms with van der Waals surface area (Å²) < 4.78 is 14.0. The summed E-state index contributed by atoms with van der Waals surface area (Å²) in [5, 5.41) is 0. The van der Waals surface area contributed by atoms with E-state index in [1.54, 1.807) is 6.07 Å². The van der Waals surface area contributed by atoms with Gasteiger partial charge in [0.25, 0.3) is 0 Å². The molecule has 1 aromatic carbocycles. The third kappa shape index (κ3) is 2.87. The molecule has 0 aromatic heterocycles. The van der Waals surface area contributed by atoms with Crippen LogP contribution in [-0.2, 0) is 4.79 Å². The van der Waals surface area contributed by atoms with Gasteiger partial charge in [0.1, 0.15) is 12.4 Å². The number of hydrogen-bond donors (Lipinski definition) is 1. The first-order valence-corrected chi connectivity index (χ1v) is 10.5. The van der Waals surface area contributed by atoms with E-state index < -0.39 is 0 Å². The van der Waals surface area contributed by atoms with E-state index in [2.05, 4.69) is 4.90 Å². The standard InChI is InChI=1S/C22H29FN2O/c23-19-3-1-2-4-20(19)25-7-5-24(6-8-25)15-21(26)22-12-16-9-17(13-22)11-18(10-16)14-22/h1-4,16-18H,5-15H2/p+1. The average molecular weight is 357 g/mol. The molecule has 1 saturated heterocycles. The normalized spacial score (nSPS) is 36.5. The van der Waals surface area contributed by atoms with Gasteiger partial charge in [-0.05, 0) is 68.4 Å². The zero-order valence-electron chi connectivity index (χ0n) is 15.6. The first kappa shape index (κ1) is 16.7. The zero-order valence-corrected chi connectivity index (χ0v) is 15.6. The molecule has 5 fully saturated rings. The lowest BCUT2D eigenvalue weighted by atomic mass is 9.48. The molecule has 4 aliphatic carbocycles. The van der Waals surface area contributed by atoms with Gasteiger partial charge in [0.15, 0.2) is 5.78 Å². The van der Waals surface area contributed by atoms with Crippen LogP contribution in [0.4, 0.5) is 10.1 Å². The third-order valence-electron chi connectivity index (χ3n) is 7.70. The fourth-order valence-electron chi connectivity index (χ4n) is 6.82. The molecule has 6 rings (SSSR count). The second-order valence-corrected chi connectivity index (χ2v) is 9.49. The van der Waals surface area contributed by atoms with Crippen molar-refractivity contribution in [2.75, 3.05) is 37.6 Å². The Kier molecular flexibility index (Phi) is 4.07. The fraction of sp³-hybridized carbons (Fsp3) is 0.682. The van der Waals surface area contributed by atoms with Gasteiger partial charge in [-0.25, -0.2) is 4.39 Å². The van der Waals surface area contributed by atoms with Crippen LogP contribution in [0.1, 0.15) is 38.5 Å². The van der Waals surface area contributed by atoms with Crippen LogP contribution in [0.15, 0.2) is 24.3 Å². The highest BCUT2D eigenvalue weighted by Crippen LogP contribution is 2.60. The number of nitrogens with one attached hydrogen (secondary N) is 1. The van der Waals surface area contributed by atoms with Crippen LogP contribution in [0.3, 0.4) is 0 Å². The van der Waals surface area contributed by atoms with E-state index >= 15 is 0 Å². The summed E-state index contributed by atoms with van der Waals surface area (Å²) in [6, 6.07) is 7.03. The SMILES string of the molecule is O=C(C[NH+]1CCN(c2ccccc2F)CC1)C12CC3CC(CC(C3)C1)C2. The topological polar surface area (TPSA) is 24.8 Å². The van der Waals surface area contributed by atoms with Gasteiger partial charge in [0, 0.05) is 5.41 Å². The molecule has 4 bridgehead atoms. The van der Waals surface area contributed by atoms with Crippen molar-refractivity contribution < 1.29 is 14.1 Å². The molecule has 4 heteroatoms. The Morgan fingerprint density at radius 2 is 1.62 bits per heavy atom. The number of hydrogen-bond acceptors (Lipinski definition) is 2. The molecule has 1 aromatic rings. The Bertz CT molecular complexity index is 660. The lowest BCUT2D eigenvalue weighted by molar-refractivity contribution is -0.892. The monoisotopic (exact) mass is 357 g/mol. The quantitative estimate of drug-likeness (QED) is 0.895. The van der Waals surface area contributed by atoms with Crippen LogP contribution in [0.5, 0.6) is 0 Å². The Hall–Kier alpha value is -1.42. The summed E-state index contributed by atoms with van der Waals surface area (Å²) in [4.78, 5) is 16.8. The second-order valence-electron chi connectivity index (χ2n) is 9.49. The average Bonchev–Trinajstić information content (AvgIpc) is 2.62. The molecule has 4 saturated carbocycles. The molecule has 1 aliphatic heterocycles. The minimum atomic E-state index is -0.138. The predicted octanol–water partition coefficient (Wildman–Crippen LogP) is 2.32. The Morgan fingerprint density at radius 1 is 1.04 bits per heavy atom. The molecule has 5 aliphatic rings. The number of halogens is 1. The first-order chi connectivity index (χ1) is 12.6. The number of anilines is 1. The third-order valence-corrected chi connectivity index (χ3v) is 7.70. The molecule has 0 radical (unpaired) electrons. The highest BCUT2D eigenvalue weighted by molar-refractivity contribution is 5.86. The van der Waals surface area contributed by atoms with Gasteiger partial charge in [-0.3, -0.25) is 4.79 Å². The number of carbonyl (C=O) groups excluding carboxylic acids is 1. The van der Waals surface area contributed by atoms with Gasteiger partial charge in [-0.2, -0.15) is 0 Å². The number of carbonyl (C=O) groups is 1. The number of benzene rings is 1. The number of ketones is 1. The van der Waals surface area contributed by atoms with Crippen molar-refractivity contribution in [1.82, 2.24) is 0 Å². The van der Waals surface area contributed by atoms with Crippen molar-refractivity contribution in [3.8, 4) is 0 Å². The molecule has 0 amide bonds. The molecule has 3 nitrogen and oxygen atoms in total. The highest BCUT2D eigenvalue weighted by Gasteiger charge is 2.54. The summed E-state index contributed by atoms with van der Waals surface area (Å²) in [5.41, 5.74) is 0.740. The summed E-state index contributed by atoms with van der Waals surface area (Å²) in [7, 11) is 0. The Morgan fingerprint density at radius 3 is 2.19 bits per heavy atom. The van der Waals surface area contributed by atoms with E-state index in [4.69, 9.17) is 0 Å². The number of nitrogens with zero attached hydrogens (tertiary/aromatic N) is 1. The molecule has 0 unspecified atom stereocenters. The van der Waals surface area contributed by atoms with Gasteiger partial charge >= 0.3 is 0 Å². The number of Topliss-reactive ketones (excluding diaryl/α,β-unsaturated/α-hetero) is 1. The van der Waals surface area contributed by atoms with Crippen molar-refractivity contribution in [1.29, 1.82) is 0 Å². The van der Waals surface area contributed by atoms with Gasteiger partial charge < -0.3 is 9.80 Å². The first-order valence-electron chi connectivity index (χ1n) is 10.5. The molecule has 0 spiro atoms. The van der Waals surface area contributed by atoms with Crippen molar-refractivity contribution in [2.24, 2.45) is 23.2 Å². The molecule has 140 valence electrons.